The Morgan fingerprint density at radius 3 is 3.00 bits per heavy atom. The average Bonchev–Trinajstić information content (AvgIpc) is 3.01. The normalized spacial score (nSPS) is 18.8. The molecule has 0 bridgehead atoms. The summed E-state index contributed by atoms with van der Waals surface area (Å²) in [6.45, 7) is 2.34. The maximum absolute atomic E-state index is 8.92. The number of morpholine rings is 1. The third-order valence-corrected chi connectivity index (χ3v) is 4.64. The van der Waals surface area contributed by atoms with Crippen molar-refractivity contribution in [1.82, 2.24) is 0 Å². The third-order valence-electron chi connectivity index (χ3n) is 3.37. The van der Waals surface area contributed by atoms with Gasteiger partial charge < -0.3 is 9.64 Å². The molecule has 1 fully saturated rings. The summed E-state index contributed by atoms with van der Waals surface area (Å²) in [4.78, 5) is 3.50. The summed E-state index contributed by atoms with van der Waals surface area (Å²) >= 11 is 7.82. The summed E-state index contributed by atoms with van der Waals surface area (Å²) in [5.74, 6) is 0. The molecule has 1 aliphatic rings. The molecule has 1 unspecified atom stereocenters. The number of thiophene rings is 1. The Morgan fingerprint density at radius 1 is 1.40 bits per heavy atom. The van der Waals surface area contributed by atoms with Crippen LogP contribution in [-0.4, -0.2) is 19.7 Å². The molecule has 5 heteroatoms. The molecule has 0 aliphatic carbocycles. The van der Waals surface area contributed by atoms with E-state index in [1.54, 1.807) is 17.4 Å². The van der Waals surface area contributed by atoms with Gasteiger partial charge in [0.1, 0.15) is 12.2 Å². The molecule has 0 radical (unpaired) electrons. The minimum Gasteiger partial charge on any atom is -0.369 e. The maximum atomic E-state index is 8.92. The van der Waals surface area contributed by atoms with Crippen molar-refractivity contribution >= 4 is 28.6 Å². The molecule has 0 amide bonds. The number of hydrogen-bond acceptors (Lipinski definition) is 4. The fourth-order valence-corrected chi connectivity index (χ4v) is 3.30. The van der Waals surface area contributed by atoms with E-state index in [0.29, 0.717) is 17.2 Å². The molecular formula is C15H13ClN2OS. The standard InChI is InChI=1S/C15H13ClN2OS/c16-13-8-12(4-3-11(13)9-17)18-5-6-19-14(10-18)15-2-1-7-20-15/h1-4,7-8,14H,5-6,10H2. The van der Waals surface area contributed by atoms with Gasteiger partial charge in [0, 0.05) is 23.7 Å². The zero-order chi connectivity index (χ0) is 13.9. The monoisotopic (exact) mass is 304 g/mol. The van der Waals surface area contributed by atoms with Crippen LogP contribution in [0.3, 0.4) is 0 Å². The third kappa shape index (κ3) is 2.66. The number of ether oxygens (including phenoxy) is 1. The van der Waals surface area contributed by atoms with Gasteiger partial charge in [0.25, 0.3) is 0 Å². The van der Waals surface area contributed by atoms with Crippen LogP contribution in [0.2, 0.25) is 5.02 Å². The minimum atomic E-state index is 0.109. The van der Waals surface area contributed by atoms with E-state index in [9.17, 15) is 0 Å². The molecule has 0 spiro atoms. The second-order valence-corrected chi connectivity index (χ2v) is 5.98. The average molecular weight is 305 g/mol. The van der Waals surface area contributed by atoms with Crippen LogP contribution in [-0.2, 0) is 4.74 Å². The number of rotatable bonds is 2. The first-order chi connectivity index (χ1) is 9.78. The number of halogens is 1. The number of nitrogens with zero attached hydrogens (tertiary/aromatic N) is 2. The zero-order valence-corrected chi connectivity index (χ0v) is 12.3. The quantitative estimate of drug-likeness (QED) is 0.845. The van der Waals surface area contributed by atoms with Gasteiger partial charge in [-0.25, -0.2) is 0 Å². The Balaban J connectivity index is 1.80. The number of hydrogen-bond donors (Lipinski definition) is 0. The molecule has 1 aliphatic heterocycles. The zero-order valence-electron chi connectivity index (χ0n) is 10.8. The van der Waals surface area contributed by atoms with E-state index in [1.165, 1.54) is 4.88 Å². The van der Waals surface area contributed by atoms with E-state index in [4.69, 9.17) is 21.6 Å². The summed E-state index contributed by atoms with van der Waals surface area (Å²) in [7, 11) is 0. The molecule has 1 aromatic heterocycles. The molecule has 2 heterocycles. The Morgan fingerprint density at radius 2 is 2.30 bits per heavy atom. The summed E-state index contributed by atoms with van der Waals surface area (Å²) < 4.78 is 5.83. The number of anilines is 1. The molecule has 1 atom stereocenters. The maximum Gasteiger partial charge on any atom is 0.109 e. The summed E-state index contributed by atoms with van der Waals surface area (Å²) in [6.07, 6.45) is 0.109. The van der Waals surface area contributed by atoms with Gasteiger partial charge in [0.15, 0.2) is 0 Å². The van der Waals surface area contributed by atoms with Crippen molar-refractivity contribution < 1.29 is 4.74 Å². The fourth-order valence-electron chi connectivity index (χ4n) is 2.32. The molecule has 102 valence electrons. The SMILES string of the molecule is N#Cc1ccc(N2CCOC(c3cccs3)C2)cc1Cl. The van der Waals surface area contributed by atoms with Crippen LogP contribution in [0.25, 0.3) is 0 Å². The molecular weight excluding hydrogens is 292 g/mol. The summed E-state index contributed by atoms with van der Waals surface area (Å²) in [5.41, 5.74) is 1.55. The molecule has 2 aromatic rings. The van der Waals surface area contributed by atoms with Gasteiger partial charge in [-0.3, -0.25) is 0 Å². The lowest BCUT2D eigenvalue weighted by Crippen LogP contribution is -2.38. The van der Waals surface area contributed by atoms with Crippen molar-refractivity contribution in [2.45, 2.75) is 6.10 Å². The van der Waals surface area contributed by atoms with Gasteiger partial charge in [-0.1, -0.05) is 17.7 Å². The minimum absolute atomic E-state index is 0.109. The van der Waals surface area contributed by atoms with E-state index in [1.807, 2.05) is 18.2 Å². The highest BCUT2D eigenvalue weighted by atomic mass is 35.5. The Hall–Kier alpha value is -1.54. The molecule has 0 N–H and O–H groups in total. The predicted molar refractivity (Wildman–Crippen MR) is 81.4 cm³/mol. The van der Waals surface area contributed by atoms with Gasteiger partial charge in [-0.05, 0) is 29.6 Å². The van der Waals surface area contributed by atoms with Crippen molar-refractivity contribution in [3.63, 3.8) is 0 Å². The van der Waals surface area contributed by atoms with E-state index in [2.05, 4.69) is 22.4 Å². The first kappa shape index (κ1) is 13.4. The molecule has 0 saturated carbocycles. The summed E-state index contributed by atoms with van der Waals surface area (Å²) in [5, 5.41) is 11.5. The first-order valence-corrected chi connectivity index (χ1v) is 7.63. The van der Waals surface area contributed by atoms with Crippen LogP contribution < -0.4 is 4.90 Å². The van der Waals surface area contributed by atoms with Crippen molar-refractivity contribution in [1.29, 1.82) is 5.26 Å². The number of benzene rings is 1. The van der Waals surface area contributed by atoms with Crippen LogP contribution in [0.1, 0.15) is 16.5 Å². The highest BCUT2D eigenvalue weighted by molar-refractivity contribution is 7.10. The molecule has 3 rings (SSSR count). The number of nitriles is 1. The Kier molecular flexibility index (Phi) is 3.93. The van der Waals surface area contributed by atoms with E-state index >= 15 is 0 Å². The summed E-state index contributed by atoms with van der Waals surface area (Å²) in [6, 6.07) is 11.8. The van der Waals surface area contributed by atoms with Crippen LogP contribution in [0.15, 0.2) is 35.7 Å². The molecule has 1 saturated heterocycles. The second kappa shape index (κ2) is 5.84. The van der Waals surface area contributed by atoms with Gasteiger partial charge in [-0.2, -0.15) is 5.26 Å². The topological polar surface area (TPSA) is 36.3 Å². The second-order valence-electron chi connectivity index (χ2n) is 4.60. The van der Waals surface area contributed by atoms with Crippen LogP contribution in [0.5, 0.6) is 0 Å². The Bertz CT molecular complexity index is 636. The van der Waals surface area contributed by atoms with Gasteiger partial charge in [0.05, 0.1) is 17.2 Å². The first-order valence-electron chi connectivity index (χ1n) is 6.37. The van der Waals surface area contributed by atoms with E-state index in [-0.39, 0.29) is 6.10 Å². The van der Waals surface area contributed by atoms with Crippen molar-refractivity contribution in [2.75, 3.05) is 24.6 Å². The predicted octanol–water partition coefficient (Wildman–Crippen LogP) is 3.85. The van der Waals surface area contributed by atoms with Crippen LogP contribution in [0.4, 0.5) is 5.69 Å². The lowest BCUT2D eigenvalue weighted by molar-refractivity contribution is 0.0421. The van der Waals surface area contributed by atoms with Crippen LogP contribution in [0, 0.1) is 11.3 Å². The fraction of sp³-hybridized carbons (Fsp3) is 0.267. The lowest BCUT2D eigenvalue weighted by atomic mass is 10.1. The molecule has 3 nitrogen and oxygen atoms in total. The van der Waals surface area contributed by atoms with Gasteiger partial charge >= 0.3 is 0 Å². The smallest absolute Gasteiger partial charge is 0.109 e. The van der Waals surface area contributed by atoms with Crippen molar-refractivity contribution in [3.8, 4) is 6.07 Å². The van der Waals surface area contributed by atoms with E-state index in [0.717, 1.165) is 18.8 Å². The lowest BCUT2D eigenvalue weighted by Gasteiger charge is -2.34. The van der Waals surface area contributed by atoms with Crippen molar-refractivity contribution in [3.05, 3.63) is 51.2 Å². The molecule has 1 aromatic carbocycles. The van der Waals surface area contributed by atoms with E-state index < -0.39 is 0 Å². The van der Waals surface area contributed by atoms with Gasteiger partial charge in [0.2, 0.25) is 0 Å². The molecule has 20 heavy (non-hydrogen) atoms. The highest BCUT2D eigenvalue weighted by Gasteiger charge is 2.23. The Labute approximate surface area is 127 Å². The largest absolute Gasteiger partial charge is 0.369 e. The van der Waals surface area contributed by atoms with Crippen molar-refractivity contribution in [2.24, 2.45) is 0 Å². The van der Waals surface area contributed by atoms with Gasteiger partial charge in [-0.15, -0.1) is 11.3 Å². The van der Waals surface area contributed by atoms with Crippen LogP contribution >= 0.6 is 22.9 Å². The highest BCUT2D eigenvalue weighted by Crippen LogP contribution is 2.30.